The van der Waals surface area contributed by atoms with Crippen LogP contribution in [0.3, 0.4) is 0 Å². The Labute approximate surface area is 153 Å². The first-order chi connectivity index (χ1) is 12.7. The molecule has 1 amide bonds. The van der Waals surface area contributed by atoms with Gasteiger partial charge in [-0.1, -0.05) is 24.3 Å². The maximum Gasteiger partial charge on any atom is 0.234 e. The standard InChI is InChI=1S/C20H22N2O4/c1-2-24-18-5-3-4-6-19(18)26-14-13-25-17-9-7-16(8-10-17)15-22-20(23)11-12-21/h3-10H,2,11,13-15H2,1H3,(H,22,23). The van der Waals surface area contributed by atoms with Crippen LogP contribution in [-0.4, -0.2) is 25.7 Å². The van der Waals surface area contributed by atoms with Gasteiger partial charge in [0, 0.05) is 6.54 Å². The van der Waals surface area contributed by atoms with Crippen molar-refractivity contribution in [2.75, 3.05) is 19.8 Å². The largest absolute Gasteiger partial charge is 0.490 e. The average molecular weight is 354 g/mol. The minimum Gasteiger partial charge on any atom is -0.490 e. The van der Waals surface area contributed by atoms with Gasteiger partial charge in [0.1, 0.15) is 25.4 Å². The van der Waals surface area contributed by atoms with Crippen LogP contribution < -0.4 is 19.5 Å². The van der Waals surface area contributed by atoms with Crippen LogP contribution in [0.5, 0.6) is 17.2 Å². The maximum atomic E-state index is 11.3. The zero-order chi connectivity index (χ0) is 18.6. The normalized spacial score (nSPS) is 9.85. The van der Waals surface area contributed by atoms with Crippen LogP contribution in [0, 0.1) is 11.3 Å². The third-order valence-corrected chi connectivity index (χ3v) is 3.41. The summed E-state index contributed by atoms with van der Waals surface area (Å²) in [6.45, 7) is 3.70. The lowest BCUT2D eigenvalue weighted by Crippen LogP contribution is -2.21. The van der Waals surface area contributed by atoms with Crippen LogP contribution >= 0.6 is 0 Å². The van der Waals surface area contributed by atoms with Crippen LogP contribution in [0.25, 0.3) is 0 Å². The molecule has 136 valence electrons. The third-order valence-electron chi connectivity index (χ3n) is 3.41. The first-order valence-corrected chi connectivity index (χ1v) is 8.43. The Balaban J connectivity index is 1.73. The van der Waals surface area contributed by atoms with Gasteiger partial charge in [-0.15, -0.1) is 0 Å². The van der Waals surface area contributed by atoms with Crippen molar-refractivity contribution < 1.29 is 19.0 Å². The fraction of sp³-hybridized carbons (Fsp3) is 0.300. The zero-order valence-electron chi connectivity index (χ0n) is 14.7. The van der Waals surface area contributed by atoms with E-state index in [1.165, 1.54) is 0 Å². The molecule has 0 bridgehead atoms. The lowest BCUT2D eigenvalue weighted by atomic mass is 10.2. The van der Waals surface area contributed by atoms with Crippen LogP contribution in [0.4, 0.5) is 0 Å². The van der Waals surface area contributed by atoms with Gasteiger partial charge in [-0.05, 0) is 36.8 Å². The van der Waals surface area contributed by atoms with E-state index in [-0.39, 0.29) is 12.3 Å². The maximum absolute atomic E-state index is 11.3. The molecule has 0 saturated carbocycles. The summed E-state index contributed by atoms with van der Waals surface area (Å²) in [5.41, 5.74) is 0.936. The van der Waals surface area contributed by atoms with Crippen molar-refractivity contribution in [2.45, 2.75) is 19.9 Å². The summed E-state index contributed by atoms with van der Waals surface area (Å²) in [4.78, 5) is 11.3. The summed E-state index contributed by atoms with van der Waals surface area (Å²) in [5, 5.41) is 11.1. The first-order valence-electron chi connectivity index (χ1n) is 8.43. The zero-order valence-corrected chi connectivity index (χ0v) is 14.7. The van der Waals surface area contributed by atoms with Crippen LogP contribution in [0.1, 0.15) is 18.9 Å². The lowest BCUT2D eigenvalue weighted by molar-refractivity contribution is -0.120. The quantitative estimate of drug-likeness (QED) is 0.663. The highest BCUT2D eigenvalue weighted by molar-refractivity contribution is 5.77. The Hall–Kier alpha value is -3.20. The third kappa shape index (κ3) is 6.36. The van der Waals surface area contributed by atoms with Crippen molar-refractivity contribution in [1.29, 1.82) is 5.26 Å². The van der Waals surface area contributed by atoms with E-state index in [0.717, 1.165) is 17.1 Å². The Morgan fingerprint density at radius 2 is 1.65 bits per heavy atom. The fourth-order valence-corrected chi connectivity index (χ4v) is 2.19. The molecule has 0 aliphatic carbocycles. The number of hydrogen-bond donors (Lipinski definition) is 1. The molecule has 0 spiro atoms. The second-order valence-electron chi connectivity index (χ2n) is 5.33. The molecule has 6 heteroatoms. The van der Waals surface area contributed by atoms with Gasteiger partial charge in [0.2, 0.25) is 5.91 Å². The molecule has 1 N–H and O–H groups in total. The Morgan fingerprint density at radius 3 is 2.31 bits per heavy atom. The Kier molecular flexibility index (Phi) is 7.81. The van der Waals surface area contributed by atoms with Gasteiger partial charge >= 0.3 is 0 Å². The van der Waals surface area contributed by atoms with E-state index in [1.54, 1.807) is 0 Å². The number of nitrogens with zero attached hydrogens (tertiary/aromatic N) is 1. The van der Waals surface area contributed by atoms with Crippen molar-refractivity contribution in [3.05, 3.63) is 54.1 Å². The van der Waals surface area contributed by atoms with E-state index in [2.05, 4.69) is 5.32 Å². The predicted octanol–water partition coefficient (Wildman–Crippen LogP) is 3.07. The van der Waals surface area contributed by atoms with Gasteiger partial charge in [-0.2, -0.15) is 5.26 Å². The number of ether oxygens (including phenoxy) is 3. The summed E-state index contributed by atoms with van der Waals surface area (Å²) >= 11 is 0. The number of hydrogen-bond acceptors (Lipinski definition) is 5. The summed E-state index contributed by atoms with van der Waals surface area (Å²) in [7, 11) is 0. The van der Waals surface area contributed by atoms with E-state index >= 15 is 0 Å². The molecule has 0 aliphatic heterocycles. The second kappa shape index (κ2) is 10.6. The number of benzene rings is 2. The molecule has 0 radical (unpaired) electrons. The number of nitrogens with one attached hydrogen (secondary N) is 1. The highest BCUT2D eigenvalue weighted by Crippen LogP contribution is 2.26. The second-order valence-corrected chi connectivity index (χ2v) is 5.33. The lowest BCUT2D eigenvalue weighted by Gasteiger charge is -2.12. The van der Waals surface area contributed by atoms with Crippen molar-refractivity contribution in [3.63, 3.8) is 0 Å². The first kappa shape index (κ1) is 19.1. The van der Waals surface area contributed by atoms with Crippen molar-refractivity contribution in [3.8, 4) is 23.3 Å². The van der Waals surface area contributed by atoms with Crippen LogP contribution in [-0.2, 0) is 11.3 Å². The molecule has 0 heterocycles. The van der Waals surface area contributed by atoms with Crippen molar-refractivity contribution >= 4 is 5.91 Å². The molecule has 6 nitrogen and oxygen atoms in total. The smallest absolute Gasteiger partial charge is 0.234 e. The molecule has 2 rings (SSSR count). The monoisotopic (exact) mass is 354 g/mol. The van der Waals surface area contributed by atoms with Gasteiger partial charge < -0.3 is 19.5 Å². The SMILES string of the molecule is CCOc1ccccc1OCCOc1ccc(CNC(=O)CC#N)cc1. The molecule has 26 heavy (non-hydrogen) atoms. The number of para-hydroxylation sites is 2. The van der Waals surface area contributed by atoms with Crippen molar-refractivity contribution in [1.82, 2.24) is 5.32 Å². The van der Waals surface area contributed by atoms with E-state index in [1.807, 2.05) is 61.5 Å². The van der Waals surface area contributed by atoms with E-state index < -0.39 is 0 Å². The molecular formula is C20H22N2O4. The summed E-state index contributed by atoms with van der Waals surface area (Å²) in [5.74, 6) is 1.86. The molecule has 2 aromatic rings. The molecule has 0 aliphatic rings. The molecule has 0 atom stereocenters. The van der Waals surface area contributed by atoms with Crippen LogP contribution in [0.15, 0.2) is 48.5 Å². The minimum absolute atomic E-state index is 0.131. The van der Waals surface area contributed by atoms with Gasteiger partial charge in [-0.25, -0.2) is 0 Å². The number of amides is 1. The van der Waals surface area contributed by atoms with Gasteiger partial charge in [-0.3, -0.25) is 4.79 Å². The van der Waals surface area contributed by atoms with Gasteiger partial charge in [0.05, 0.1) is 12.7 Å². The number of rotatable bonds is 10. The Morgan fingerprint density at radius 1 is 1.00 bits per heavy atom. The van der Waals surface area contributed by atoms with E-state index in [0.29, 0.717) is 32.1 Å². The topological polar surface area (TPSA) is 80.6 Å². The van der Waals surface area contributed by atoms with Crippen LogP contribution in [0.2, 0.25) is 0 Å². The summed E-state index contributed by atoms with van der Waals surface area (Å²) < 4.78 is 16.9. The summed E-state index contributed by atoms with van der Waals surface area (Å²) in [6.07, 6.45) is -0.131. The number of nitriles is 1. The fourth-order valence-electron chi connectivity index (χ4n) is 2.19. The number of carbonyl (C=O) groups is 1. The van der Waals surface area contributed by atoms with Crippen molar-refractivity contribution in [2.24, 2.45) is 0 Å². The van der Waals surface area contributed by atoms with E-state index in [4.69, 9.17) is 19.5 Å². The molecule has 2 aromatic carbocycles. The summed E-state index contributed by atoms with van der Waals surface area (Å²) in [6, 6.07) is 16.7. The molecule has 0 fully saturated rings. The molecular weight excluding hydrogens is 332 g/mol. The average Bonchev–Trinajstić information content (AvgIpc) is 2.66. The minimum atomic E-state index is -0.280. The molecule has 0 unspecified atom stereocenters. The molecule has 0 saturated heterocycles. The number of carbonyl (C=O) groups excluding carboxylic acids is 1. The van der Waals surface area contributed by atoms with Gasteiger partial charge in [0.15, 0.2) is 11.5 Å². The highest BCUT2D eigenvalue weighted by atomic mass is 16.5. The Bertz CT molecular complexity index is 738. The highest BCUT2D eigenvalue weighted by Gasteiger charge is 2.04. The van der Waals surface area contributed by atoms with E-state index in [9.17, 15) is 4.79 Å². The predicted molar refractivity (Wildman–Crippen MR) is 97.1 cm³/mol. The van der Waals surface area contributed by atoms with Gasteiger partial charge in [0.25, 0.3) is 0 Å². The molecule has 0 aromatic heterocycles.